The molecule has 0 heterocycles. The molecule has 0 fully saturated rings. The lowest BCUT2D eigenvalue weighted by Crippen LogP contribution is -2.12. The summed E-state index contributed by atoms with van der Waals surface area (Å²) in [5, 5.41) is 23.7. The molecule has 3 N–H and O–H groups in total. The number of azo groups is 1. The number of ether oxygens (including phenoxy) is 1. The Bertz CT molecular complexity index is 1720. The molecule has 0 aromatic heterocycles. The third-order valence-corrected chi connectivity index (χ3v) is 7.22. The molecule has 0 aliphatic rings. The van der Waals surface area contributed by atoms with Gasteiger partial charge in [0.1, 0.15) is 16.3 Å². The lowest BCUT2D eigenvalue weighted by atomic mass is 10.0. The van der Waals surface area contributed by atoms with Crippen LogP contribution in [0.25, 0.3) is 10.8 Å². The summed E-state index contributed by atoms with van der Waals surface area (Å²) < 4.78 is 38.9. The molecule has 1 amide bonds. The van der Waals surface area contributed by atoms with Gasteiger partial charge >= 0.3 is 0 Å². The minimum Gasteiger partial charge on any atom is -0.505 e. The van der Waals surface area contributed by atoms with Crippen molar-refractivity contribution in [2.24, 2.45) is 10.2 Å². The fourth-order valence-electron chi connectivity index (χ4n) is 4.01. The highest BCUT2D eigenvalue weighted by atomic mass is 35.5. The van der Waals surface area contributed by atoms with Crippen LogP contribution in [0, 0.1) is 0 Å². The van der Waals surface area contributed by atoms with Gasteiger partial charge in [-0.25, -0.2) is 0 Å². The van der Waals surface area contributed by atoms with Gasteiger partial charge in [-0.1, -0.05) is 54.4 Å². The Kier molecular flexibility index (Phi) is 8.41. The Morgan fingerprint density at radius 1 is 1.03 bits per heavy atom. The van der Waals surface area contributed by atoms with Gasteiger partial charge in [0, 0.05) is 27.7 Å². The lowest BCUT2D eigenvalue weighted by molar-refractivity contribution is 0.102. The fourth-order valence-corrected chi connectivity index (χ4v) is 5.30. The van der Waals surface area contributed by atoms with Gasteiger partial charge in [0.15, 0.2) is 5.75 Å². The second-order valence-corrected chi connectivity index (χ2v) is 10.5. The monoisotopic (exact) mass is 587 g/mol. The number of phenols is 1. The number of aromatic hydroxyl groups is 1. The summed E-state index contributed by atoms with van der Waals surface area (Å²) in [5.41, 5.74) is 0.584. The van der Waals surface area contributed by atoms with E-state index in [-0.39, 0.29) is 38.8 Å². The van der Waals surface area contributed by atoms with Crippen LogP contribution in [0.3, 0.4) is 0 Å². The quantitative estimate of drug-likeness (QED) is 0.142. The van der Waals surface area contributed by atoms with Crippen LogP contribution in [0.4, 0.5) is 17.1 Å². The van der Waals surface area contributed by atoms with Crippen LogP contribution in [0.15, 0.2) is 75.8 Å². The van der Waals surface area contributed by atoms with Gasteiger partial charge in [0.05, 0.1) is 22.9 Å². The maximum Gasteiger partial charge on any atom is 0.294 e. The van der Waals surface area contributed by atoms with Crippen LogP contribution in [0.2, 0.25) is 10.0 Å². The first-order valence-corrected chi connectivity index (χ1v) is 13.9. The number of benzene rings is 4. The Balaban J connectivity index is 1.81. The van der Waals surface area contributed by atoms with E-state index in [0.717, 1.165) is 6.07 Å². The molecule has 202 valence electrons. The van der Waals surface area contributed by atoms with Crippen LogP contribution >= 0.6 is 23.2 Å². The first-order valence-electron chi connectivity index (χ1n) is 11.7. The summed E-state index contributed by atoms with van der Waals surface area (Å²) in [4.78, 5) is 12.8. The highest BCUT2D eigenvalue weighted by molar-refractivity contribution is 7.85. The van der Waals surface area contributed by atoms with Crippen molar-refractivity contribution in [3.05, 3.63) is 81.8 Å². The van der Waals surface area contributed by atoms with Gasteiger partial charge in [-0.2, -0.15) is 13.5 Å². The molecule has 0 saturated carbocycles. The predicted molar refractivity (Wildman–Crippen MR) is 151 cm³/mol. The molecular formula is C27H23Cl2N3O6S. The van der Waals surface area contributed by atoms with Crippen molar-refractivity contribution >= 4 is 67.1 Å². The number of hydrogen-bond donors (Lipinski definition) is 3. The molecule has 4 aromatic carbocycles. The zero-order valence-corrected chi connectivity index (χ0v) is 23.1. The summed E-state index contributed by atoms with van der Waals surface area (Å²) in [5.74, 6) is -0.666. The lowest BCUT2D eigenvalue weighted by Gasteiger charge is -2.13. The molecule has 0 radical (unpaired) electrons. The molecule has 4 rings (SSSR count). The van der Waals surface area contributed by atoms with Crippen molar-refractivity contribution in [1.82, 2.24) is 0 Å². The van der Waals surface area contributed by atoms with Crippen molar-refractivity contribution in [2.75, 3.05) is 11.9 Å². The highest BCUT2D eigenvalue weighted by Gasteiger charge is 2.21. The average Bonchev–Trinajstić information content (AvgIpc) is 2.89. The number of rotatable bonds is 8. The van der Waals surface area contributed by atoms with Crippen LogP contribution in [0.1, 0.15) is 29.8 Å². The van der Waals surface area contributed by atoms with E-state index in [4.69, 9.17) is 27.9 Å². The van der Waals surface area contributed by atoms with Crippen LogP contribution in [0.5, 0.6) is 11.5 Å². The van der Waals surface area contributed by atoms with E-state index in [0.29, 0.717) is 33.8 Å². The molecule has 0 bridgehead atoms. The molecule has 4 aromatic rings. The van der Waals surface area contributed by atoms with Gasteiger partial charge in [-0.15, -0.1) is 5.11 Å². The molecule has 0 aliphatic carbocycles. The SMILES string of the molecule is CCOc1cc(NC(=O)c2cc3ccccc3c(N=Nc3cc(Cl)cc(S(=O)(=O)O)c3CC)c2O)ccc1Cl. The van der Waals surface area contributed by atoms with E-state index >= 15 is 0 Å². The van der Waals surface area contributed by atoms with E-state index in [9.17, 15) is 22.9 Å². The number of nitrogens with one attached hydrogen (secondary N) is 1. The number of fused-ring (bicyclic) bond motifs is 1. The number of halogens is 2. The van der Waals surface area contributed by atoms with Crippen LogP contribution in [-0.4, -0.2) is 30.6 Å². The van der Waals surface area contributed by atoms with E-state index in [1.807, 2.05) is 0 Å². The Morgan fingerprint density at radius 2 is 1.77 bits per heavy atom. The largest absolute Gasteiger partial charge is 0.505 e. The number of anilines is 1. The summed E-state index contributed by atoms with van der Waals surface area (Å²) >= 11 is 12.2. The van der Waals surface area contributed by atoms with E-state index in [1.54, 1.807) is 56.3 Å². The molecule has 0 saturated heterocycles. The summed E-state index contributed by atoms with van der Waals surface area (Å²) in [6, 6.07) is 15.7. The van der Waals surface area contributed by atoms with Crippen LogP contribution in [-0.2, 0) is 16.5 Å². The molecule has 12 heteroatoms. The van der Waals surface area contributed by atoms with Gasteiger partial charge in [-0.05, 0) is 49.1 Å². The maximum absolute atomic E-state index is 13.2. The Hall–Kier alpha value is -3.70. The Morgan fingerprint density at radius 3 is 2.46 bits per heavy atom. The zero-order chi connectivity index (χ0) is 28.3. The molecule has 0 atom stereocenters. The minimum absolute atomic E-state index is 0.0141. The van der Waals surface area contributed by atoms with Gasteiger partial charge in [-0.3, -0.25) is 9.35 Å². The number of carbonyl (C=O) groups excluding carboxylic acids is 1. The summed E-state index contributed by atoms with van der Waals surface area (Å²) in [6.07, 6.45) is 0.195. The smallest absolute Gasteiger partial charge is 0.294 e. The van der Waals surface area contributed by atoms with Gasteiger partial charge < -0.3 is 15.2 Å². The number of hydrogen-bond acceptors (Lipinski definition) is 7. The highest BCUT2D eigenvalue weighted by Crippen LogP contribution is 2.41. The molecule has 9 nitrogen and oxygen atoms in total. The van der Waals surface area contributed by atoms with Crippen molar-refractivity contribution in [3.63, 3.8) is 0 Å². The molecule has 0 aliphatic heterocycles. The minimum atomic E-state index is -4.58. The van der Waals surface area contributed by atoms with Gasteiger partial charge in [0.2, 0.25) is 0 Å². The van der Waals surface area contributed by atoms with E-state index in [1.165, 1.54) is 12.1 Å². The molecular weight excluding hydrogens is 565 g/mol. The first-order chi connectivity index (χ1) is 18.5. The second-order valence-electron chi connectivity index (χ2n) is 8.31. The third-order valence-electron chi connectivity index (χ3n) is 5.77. The topological polar surface area (TPSA) is 138 Å². The second kappa shape index (κ2) is 11.6. The summed E-state index contributed by atoms with van der Waals surface area (Å²) in [7, 11) is -4.58. The van der Waals surface area contributed by atoms with E-state index < -0.39 is 21.8 Å². The van der Waals surface area contributed by atoms with Crippen molar-refractivity contribution in [2.45, 2.75) is 25.2 Å². The number of phenolic OH excluding ortho intramolecular Hbond substituents is 1. The molecule has 39 heavy (non-hydrogen) atoms. The van der Waals surface area contributed by atoms with Gasteiger partial charge in [0.25, 0.3) is 16.0 Å². The molecule has 0 unspecified atom stereocenters. The zero-order valence-electron chi connectivity index (χ0n) is 20.8. The summed E-state index contributed by atoms with van der Waals surface area (Å²) in [6.45, 7) is 3.87. The Labute approximate surface area is 234 Å². The maximum atomic E-state index is 13.2. The normalized spacial score (nSPS) is 11.7. The van der Waals surface area contributed by atoms with Crippen LogP contribution < -0.4 is 10.1 Å². The standard InChI is InChI=1S/C27H23Cl2N3O6S/c1-3-18-22(12-16(28)13-24(18)39(35,36)37)31-32-25-19-8-6-5-7-15(19)11-20(26(25)33)27(34)30-17-9-10-21(29)23(14-17)38-4-2/h5-14,33H,3-4H2,1-2H3,(H,30,34)(H,35,36,37). The number of amides is 1. The van der Waals surface area contributed by atoms with Crippen molar-refractivity contribution < 1.29 is 27.6 Å². The fraction of sp³-hybridized carbons (Fsp3) is 0.148. The molecule has 0 spiro atoms. The predicted octanol–water partition coefficient (Wildman–Crippen LogP) is 7.73. The number of carbonyl (C=O) groups is 1. The van der Waals surface area contributed by atoms with E-state index in [2.05, 4.69) is 15.5 Å². The third kappa shape index (κ3) is 6.15. The van der Waals surface area contributed by atoms with Crippen molar-refractivity contribution in [1.29, 1.82) is 0 Å². The number of nitrogens with zero attached hydrogens (tertiary/aromatic N) is 2. The van der Waals surface area contributed by atoms with Crippen molar-refractivity contribution in [3.8, 4) is 11.5 Å². The first kappa shape index (κ1) is 28.3. The average molecular weight is 588 g/mol.